The first-order chi connectivity index (χ1) is 10.6. The molecular weight excluding hydrogens is 312 g/mol. The zero-order valence-electron chi connectivity index (χ0n) is 13.3. The molecule has 3 N–H and O–H groups in total. The first-order valence-electron chi connectivity index (χ1n) is 6.53. The Morgan fingerprint density at radius 2 is 1.52 bits per heavy atom. The number of nitrogens with one attached hydrogen (secondary N) is 1. The van der Waals surface area contributed by atoms with Crippen LogP contribution < -0.4 is 11.1 Å². The Labute approximate surface area is 132 Å². The number of carbonyl (C=O) groups excluding carboxylic acids is 5. The maximum Gasteiger partial charge on any atom is 0.320 e. The maximum absolute atomic E-state index is 11.7. The number of hydrogen-bond donors (Lipinski definition) is 2. The van der Waals surface area contributed by atoms with Gasteiger partial charge >= 0.3 is 17.9 Å². The lowest BCUT2D eigenvalue weighted by Gasteiger charge is -2.26. The molecule has 0 unspecified atom stereocenters. The minimum atomic E-state index is -1.46. The molecule has 0 saturated heterocycles. The van der Waals surface area contributed by atoms with Crippen molar-refractivity contribution in [1.29, 1.82) is 0 Å². The van der Waals surface area contributed by atoms with Gasteiger partial charge in [-0.2, -0.15) is 0 Å². The largest absolute Gasteiger partial charge is 0.468 e. The Bertz CT molecular complexity index is 474. The molecule has 130 valence electrons. The van der Waals surface area contributed by atoms with E-state index in [2.05, 4.69) is 19.5 Å². The summed E-state index contributed by atoms with van der Waals surface area (Å²) in [5, 5.41) is 2.20. The Morgan fingerprint density at radius 1 is 1.04 bits per heavy atom. The molecule has 0 heterocycles. The Hall–Kier alpha value is -2.65. The number of hydrogen-bond acceptors (Lipinski definition) is 8. The smallest absolute Gasteiger partial charge is 0.320 e. The molecule has 0 aromatic carbocycles. The number of esters is 3. The van der Waals surface area contributed by atoms with Crippen LogP contribution >= 0.6 is 0 Å². The van der Waals surface area contributed by atoms with Gasteiger partial charge in [0.05, 0.1) is 14.2 Å². The van der Waals surface area contributed by atoms with Crippen LogP contribution in [0, 0.1) is 11.8 Å². The van der Waals surface area contributed by atoms with Gasteiger partial charge in [0.25, 0.3) is 5.91 Å². The third-order valence-electron chi connectivity index (χ3n) is 2.99. The topological polar surface area (TPSA) is 151 Å². The number of nitrogens with two attached hydrogens (primary N) is 1. The second-order valence-corrected chi connectivity index (χ2v) is 4.61. The van der Waals surface area contributed by atoms with Crippen molar-refractivity contribution >= 4 is 29.7 Å². The van der Waals surface area contributed by atoms with Crippen molar-refractivity contribution in [2.24, 2.45) is 17.6 Å². The highest BCUT2D eigenvalue weighted by molar-refractivity contribution is 5.97. The van der Waals surface area contributed by atoms with Crippen LogP contribution in [0.15, 0.2) is 0 Å². The average molecular weight is 332 g/mol. The number of carbonyl (C=O) groups is 5. The molecule has 2 atom stereocenters. The number of rotatable bonds is 8. The van der Waals surface area contributed by atoms with Gasteiger partial charge in [-0.1, -0.05) is 6.92 Å². The van der Waals surface area contributed by atoms with E-state index in [-0.39, 0.29) is 0 Å². The highest BCUT2D eigenvalue weighted by Crippen LogP contribution is 2.19. The van der Waals surface area contributed by atoms with Crippen LogP contribution in [0.4, 0.5) is 0 Å². The summed E-state index contributed by atoms with van der Waals surface area (Å²) in [7, 11) is 2.12. The van der Waals surface area contributed by atoms with Crippen LogP contribution in [0.5, 0.6) is 0 Å². The van der Waals surface area contributed by atoms with Crippen LogP contribution in [-0.4, -0.2) is 56.6 Å². The van der Waals surface area contributed by atoms with E-state index >= 15 is 0 Å². The molecule has 0 aromatic heterocycles. The molecular formula is C13H20N2O8. The number of ether oxygens (including phenoxy) is 3. The van der Waals surface area contributed by atoms with Crippen LogP contribution in [-0.2, 0) is 38.2 Å². The van der Waals surface area contributed by atoms with Gasteiger partial charge in [-0.05, 0) is 0 Å². The van der Waals surface area contributed by atoms with Crippen molar-refractivity contribution < 1.29 is 38.2 Å². The molecule has 2 amide bonds. The third-order valence-corrected chi connectivity index (χ3v) is 2.99. The van der Waals surface area contributed by atoms with Crippen molar-refractivity contribution in [3.8, 4) is 0 Å². The summed E-state index contributed by atoms with van der Waals surface area (Å²) in [6.07, 6.45) is 0. The summed E-state index contributed by atoms with van der Waals surface area (Å²) in [4.78, 5) is 57.3. The van der Waals surface area contributed by atoms with Gasteiger partial charge in [-0.25, -0.2) is 0 Å². The molecule has 23 heavy (non-hydrogen) atoms. The fourth-order valence-corrected chi connectivity index (χ4v) is 1.82. The SMILES string of the molecule is COC(=O)C(C(=O)OC)[C@H](C)[C@H](NC(=O)COC(C)=O)C(N)=O. The normalized spacial score (nSPS) is 12.7. The summed E-state index contributed by atoms with van der Waals surface area (Å²) in [5.41, 5.74) is 5.20. The molecule has 0 aliphatic rings. The molecule has 0 rings (SSSR count). The van der Waals surface area contributed by atoms with Gasteiger partial charge in [-0.15, -0.1) is 0 Å². The van der Waals surface area contributed by atoms with Crippen LogP contribution in [0.3, 0.4) is 0 Å². The molecule has 0 fully saturated rings. The predicted octanol–water partition coefficient (Wildman–Crippen LogP) is -1.88. The van der Waals surface area contributed by atoms with Crippen LogP contribution in [0.1, 0.15) is 13.8 Å². The first kappa shape index (κ1) is 20.3. The third kappa shape index (κ3) is 6.32. The van der Waals surface area contributed by atoms with E-state index in [9.17, 15) is 24.0 Å². The number of primary amides is 1. The zero-order chi connectivity index (χ0) is 18.2. The van der Waals surface area contributed by atoms with E-state index in [1.54, 1.807) is 0 Å². The molecule has 0 spiro atoms. The van der Waals surface area contributed by atoms with E-state index in [1.807, 2.05) is 0 Å². The molecule has 0 aliphatic heterocycles. The lowest BCUT2D eigenvalue weighted by molar-refractivity contribution is -0.162. The second-order valence-electron chi connectivity index (χ2n) is 4.61. The lowest BCUT2D eigenvalue weighted by atomic mass is 9.87. The molecule has 10 nitrogen and oxygen atoms in total. The van der Waals surface area contributed by atoms with Crippen molar-refractivity contribution in [3.05, 3.63) is 0 Å². The van der Waals surface area contributed by atoms with Gasteiger partial charge in [-0.3, -0.25) is 24.0 Å². The first-order valence-corrected chi connectivity index (χ1v) is 6.53. The highest BCUT2D eigenvalue weighted by Gasteiger charge is 2.41. The minimum absolute atomic E-state index is 0.632. The molecule has 0 aliphatic carbocycles. The highest BCUT2D eigenvalue weighted by atomic mass is 16.5. The van der Waals surface area contributed by atoms with Gasteiger partial charge in [0.1, 0.15) is 6.04 Å². The predicted molar refractivity (Wildman–Crippen MR) is 74.4 cm³/mol. The van der Waals surface area contributed by atoms with Crippen molar-refractivity contribution in [2.75, 3.05) is 20.8 Å². The summed E-state index contributed by atoms with van der Waals surface area (Å²) < 4.78 is 13.5. The van der Waals surface area contributed by atoms with Gasteiger partial charge in [0.15, 0.2) is 12.5 Å². The Kier molecular flexibility index (Phi) is 8.30. The second kappa shape index (κ2) is 9.38. The number of methoxy groups -OCH3 is 2. The van der Waals surface area contributed by atoms with E-state index in [1.165, 1.54) is 6.92 Å². The van der Waals surface area contributed by atoms with Crippen molar-refractivity contribution in [3.63, 3.8) is 0 Å². The van der Waals surface area contributed by atoms with E-state index in [4.69, 9.17) is 5.73 Å². The standard InChI is InChI=1S/C13H20N2O8/c1-6(9(12(19)21-3)13(20)22-4)10(11(14)18)15-8(17)5-23-7(2)16/h6,9-10H,5H2,1-4H3,(H2,14,18)(H,15,17)/t6-,10-/m0/s1. The maximum atomic E-state index is 11.7. The summed E-state index contributed by atoms with van der Waals surface area (Å²) in [5.74, 6) is -6.87. The lowest BCUT2D eigenvalue weighted by Crippen LogP contribution is -2.53. The Morgan fingerprint density at radius 3 is 1.87 bits per heavy atom. The summed E-state index contributed by atoms with van der Waals surface area (Å²) >= 11 is 0. The fourth-order valence-electron chi connectivity index (χ4n) is 1.82. The summed E-state index contributed by atoms with van der Waals surface area (Å²) in [6, 6.07) is -1.37. The van der Waals surface area contributed by atoms with Crippen LogP contribution in [0.2, 0.25) is 0 Å². The molecule has 0 saturated carbocycles. The molecule has 0 radical (unpaired) electrons. The van der Waals surface area contributed by atoms with Gasteiger partial charge < -0.3 is 25.3 Å². The molecule has 10 heteroatoms. The van der Waals surface area contributed by atoms with E-state index in [0.717, 1.165) is 21.1 Å². The Balaban J connectivity index is 5.21. The van der Waals surface area contributed by atoms with Crippen molar-refractivity contribution in [2.45, 2.75) is 19.9 Å². The van der Waals surface area contributed by atoms with Gasteiger partial charge in [0, 0.05) is 12.8 Å². The monoisotopic (exact) mass is 332 g/mol. The minimum Gasteiger partial charge on any atom is -0.468 e. The van der Waals surface area contributed by atoms with E-state index in [0.29, 0.717) is 0 Å². The fraction of sp³-hybridized carbons (Fsp3) is 0.615. The van der Waals surface area contributed by atoms with Gasteiger partial charge in [0.2, 0.25) is 5.91 Å². The van der Waals surface area contributed by atoms with Crippen molar-refractivity contribution in [1.82, 2.24) is 5.32 Å². The quantitative estimate of drug-likeness (QED) is 0.298. The molecule has 0 aromatic rings. The van der Waals surface area contributed by atoms with Crippen LogP contribution in [0.25, 0.3) is 0 Å². The average Bonchev–Trinajstić information content (AvgIpc) is 2.49. The molecule has 0 bridgehead atoms. The zero-order valence-corrected chi connectivity index (χ0v) is 13.3. The van der Waals surface area contributed by atoms with E-state index < -0.39 is 54.2 Å². The summed E-state index contributed by atoms with van der Waals surface area (Å²) in [6.45, 7) is 1.82. The number of amides is 2.